The Bertz CT molecular complexity index is 874. The highest BCUT2D eigenvalue weighted by molar-refractivity contribution is 5.90. The number of hydrogen-bond acceptors (Lipinski definition) is 3. The van der Waals surface area contributed by atoms with Gasteiger partial charge in [0.1, 0.15) is 5.82 Å². The molecule has 1 fully saturated rings. The van der Waals surface area contributed by atoms with Crippen LogP contribution in [0, 0.1) is 0 Å². The van der Waals surface area contributed by atoms with Gasteiger partial charge in [0, 0.05) is 24.1 Å². The van der Waals surface area contributed by atoms with Crippen molar-refractivity contribution in [1.29, 1.82) is 0 Å². The fourth-order valence-electron chi connectivity index (χ4n) is 2.86. The zero-order valence-electron chi connectivity index (χ0n) is 12.8. The molecule has 1 aliphatic carbocycles. The number of primary amides is 1. The van der Waals surface area contributed by atoms with Crippen LogP contribution in [0.25, 0.3) is 16.5 Å². The van der Waals surface area contributed by atoms with E-state index in [0.29, 0.717) is 12.3 Å². The summed E-state index contributed by atoms with van der Waals surface area (Å²) in [5.74, 6) is 1.85. The van der Waals surface area contributed by atoms with Gasteiger partial charge in [-0.1, -0.05) is 36.4 Å². The summed E-state index contributed by atoms with van der Waals surface area (Å²) in [5.41, 5.74) is 6.30. The van der Waals surface area contributed by atoms with E-state index in [0.717, 1.165) is 41.0 Å². The number of fused-ring (bicyclic) bond motifs is 1. The number of aromatic nitrogens is 3. The van der Waals surface area contributed by atoms with Crippen molar-refractivity contribution in [2.45, 2.75) is 31.6 Å². The fourth-order valence-corrected chi connectivity index (χ4v) is 2.86. The standard InChI is InChI=1S/C18H18N4O/c19-16(23)10-11-17-20-18(13-8-9-13)21-22(17)15-7-3-5-12-4-1-2-6-14(12)15/h1-7,13H,8-11H2,(H2,19,23). The molecule has 1 aromatic heterocycles. The maximum Gasteiger partial charge on any atom is 0.217 e. The first-order chi connectivity index (χ1) is 11.2. The second-order valence-corrected chi connectivity index (χ2v) is 6.04. The number of benzene rings is 2. The highest BCUT2D eigenvalue weighted by atomic mass is 16.1. The predicted molar refractivity (Wildman–Crippen MR) is 88.4 cm³/mol. The maximum absolute atomic E-state index is 11.2. The van der Waals surface area contributed by atoms with Gasteiger partial charge in [-0.15, -0.1) is 0 Å². The average molecular weight is 306 g/mol. The lowest BCUT2D eigenvalue weighted by Gasteiger charge is -2.09. The minimum atomic E-state index is -0.314. The van der Waals surface area contributed by atoms with Gasteiger partial charge in [-0.25, -0.2) is 9.67 Å². The molecule has 3 aromatic rings. The summed E-state index contributed by atoms with van der Waals surface area (Å²) in [7, 11) is 0. The molecule has 23 heavy (non-hydrogen) atoms. The first kappa shape index (κ1) is 13.9. The molecule has 2 aromatic carbocycles. The molecule has 0 atom stereocenters. The average Bonchev–Trinajstić information content (AvgIpc) is 3.32. The van der Waals surface area contributed by atoms with Crippen LogP contribution in [0.3, 0.4) is 0 Å². The summed E-state index contributed by atoms with van der Waals surface area (Å²) in [6, 6.07) is 14.4. The molecule has 1 aliphatic rings. The van der Waals surface area contributed by atoms with Crippen molar-refractivity contribution in [3.05, 3.63) is 54.1 Å². The molecule has 0 spiro atoms. The third kappa shape index (κ3) is 2.70. The van der Waals surface area contributed by atoms with Crippen molar-refractivity contribution < 1.29 is 4.79 Å². The molecule has 0 aliphatic heterocycles. The third-order valence-corrected chi connectivity index (χ3v) is 4.22. The first-order valence-electron chi connectivity index (χ1n) is 7.94. The molecule has 0 bridgehead atoms. The Morgan fingerprint density at radius 3 is 2.74 bits per heavy atom. The lowest BCUT2D eigenvalue weighted by Crippen LogP contribution is -2.13. The van der Waals surface area contributed by atoms with Gasteiger partial charge in [0.2, 0.25) is 5.91 Å². The van der Waals surface area contributed by atoms with Crippen molar-refractivity contribution in [3.8, 4) is 5.69 Å². The van der Waals surface area contributed by atoms with Gasteiger partial charge >= 0.3 is 0 Å². The summed E-state index contributed by atoms with van der Waals surface area (Å²) in [6.45, 7) is 0. The van der Waals surface area contributed by atoms with Crippen LogP contribution in [-0.4, -0.2) is 20.7 Å². The topological polar surface area (TPSA) is 73.8 Å². The monoisotopic (exact) mass is 306 g/mol. The van der Waals surface area contributed by atoms with E-state index in [-0.39, 0.29) is 12.3 Å². The molecule has 1 amide bonds. The van der Waals surface area contributed by atoms with Gasteiger partial charge < -0.3 is 5.73 Å². The highest BCUT2D eigenvalue weighted by Crippen LogP contribution is 2.38. The largest absolute Gasteiger partial charge is 0.370 e. The minimum absolute atomic E-state index is 0.285. The summed E-state index contributed by atoms with van der Waals surface area (Å²) in [4.78, 5) is 15.8. The Hall–Kier alpha value is -2.69. The number of nitrogens with two attached hydrogens (primary N) is 1. The molecule has 1 heterocycles. The summed E-state index contributed by atoms with van der Waals surface area (Å²) >= 11 is 0. The van der Waals surface area contributed by atoms with Gasteiger partial charge in [0.05, 0.1) is 5.69 Å². The molecule has 0 radical (unpaired) electrons. The fraction of sp³-hybridized carbons (Fsp3) is 0.278. The van der Waals surface area contributed by atoms with E-state index in [1.807, 2.05) is 28.9 Å². The van der Waals surface area contributed by atoms with E-state index < -0.39 is 0 Å². The number of amides is 1. The quantitative estimate of drug-likeness (QED) is 0.787. The van der Waals surface area contributed by atoms with Crippen LogP contribution < -0.4 is 5.73 Å². The molecule has 0 saturated heterocycles. The second-order valence-electron chi connectivity index (χ2n) is 6.04. The predicted octanol–water partition coefficient (Wildman–Crippen LogP) is 2.72. The number of hydrogen-bond donors (Lipinski definition) is 1. The number of carbonyl (C=O) groups excluding carboxylic acids is 1. The Labute approximate surface area is 134 Å². The number of carbonyl (C=O) groups is 1. The van der Waals surface area contributed by atoms with Gasteiger partial charge in [0.15, 0.2) is 5.82 Å². The third-order valence-electron chi connectivity index (χ3n) is 4.22. The van der Waals surface area contributed by atoms with E-state index >= 15 is 0 Å². The summed E-state index contributed by atoms with van der Waals surface area (Å²) in [5, 5.41) is 7.01. The molecule has 4 rings (SSSR count). The summed E-state index contributed by atoms with van der Waals surface area (Å²) < 4.78 is 1.89. The molecule has 2 N–H and O–H groups in total. The summed E-state index contributed by atoms with van der Waals surface area (Å²) in [6.07, 6.45) is 3.09. The number of aryl methyl sites for hydroxylation is 1. The van der Waals surface area contributed by atoms with E-state index in [1.54, 1.807) is 0 Å². The van der Waals surface area contributed by atoms with Crippen LogP contribution in [0.1, 0.15) is 36.8 Å². The number of rotatable bonds is 5. The lowest BCUT2D eigenvalue weighted by atomic mass is 10.1. The van der Waals surface area contributed by atoms with E-state index in [2.05, 4.69) is 23.2 Å². The first-order valence-corrected chi connectivity index (χ1v) is 7.94. The molecule has 116 valence electrons. The van der Waals surface area contributed by atoms with Crippen molar-refractivity contribution in [3.63, 3.8) is 0 Å². The Kier molecular flexibility index (Phi) is 3.33. The molecule has 5 heteroatoms. The molecule has 5 nitrogen and oxygen atoms in total. The van der Waals surface area contributed by atoms with Crippen molar-refractivity contribution in [2.75, 3.05) is 0 Å². The molecular formula is C18H18N4O. The zero-order valence-corrected chi connectivity index (χ0v) is 12.8. The van der Waals surface area contributed by atoms with Gasteiger partial charge in [-0.05, 0) is 24.3 Å². The number of nitrogens with zero attached hydrogens (tertiary/aromatic N) is 3. The smallest absolute Gasteiger partial charge is 0.217 e. The Balaban J connectivity index is 1.83. The SMILES string of the molecule is NC(=O)CCc1nc(C2CC2)nn1-c1cccc2ccccc12. The van der Waals surface area contributed by atoms with E-state index in [1.165, 1.54) is 0 Å². The van der Waals surface area contributed by atoms with Crippen LogP contribution >= 0.6 is 0 Å². The minimum Gasteiger partial charge on any atom is -0.370 e. The van der Waals surface area contributed by atoms with E-state index in [4.69, 9.17) is 10.8 Å². The molecule has 1 saturated carbocycles. The van der Waals surface area contributed by atoms with Crippen LogP contribution in [0.15, 0.2) is 42.5 Å². The van der Waals surface area contributed by atoms with Crippen molar-refractivity contribution in [2.24, 2.45) is 5.73 Å². The Morgan fingerprint density at radius 2 is 1.96 bits per heavy atom. The van der Waals surface area contributed by atoms with Crippen LogP contribution in [0.2, 0.25) is 0 Å². The van der Waals surface area contributed by atoms with E-state index in [9.17, 15) is 4.79 Å². The maximum atomic E-state index is 11.2. The second kappa shape index (κ2) is 5.50. The molecular weight excluding hydrogens is 288 g/mol. The van der Waals surface area contributed by atoms with Gasteiger partial charge in [-0.3, -0.25) is 4.79 Å². The van der Waals surface area contributed by atoms with Crippen LogP contribution in [0.4, 0.5) is 0 Å². The normalized spacial score (nSPS) is 14.3. The van der Waals surface area contributed by atoms with Crippen molar-refractivity contribution in [1.82, 2.24) is 14.8 Å². The zero-order chi connectivity index (χ0) is 15.8. The van der Waals surface area contributed by atoms with Crippen molar-refractivity contribution >= 4 is 16.7 Å². The van der Waals surface area contributed by atoms with Gasteiger partial charge in [-0.2, -0.15) is 5.10 Å². The molecule has 0 unspecified atom stereocenters. The van der Waals surface area contributed by atoms with Crippen LogP contribution in [0.5, 0.6) is 0 Å². The van der Waals surface area contributed by atoms with Crippen LogP contribution in [-0.2, 0) is 11.2 Å². The highest BCUT2D eigenvalue weighted by Gasteiger charge is 2.29. The van der Waals surface area contributed by atoms with Gasteiger partial charge in [0.25, 0.3) is 0 Å². The lowest BCUT2D eigenvalue weighted by molar-refractivity contribution is -0.118. The Morgan fingerprint density at radius 1 is 1.17 bits per heavy atom.